The van der Waals surface area contributed by atoms with Crippen LogP contribution in [0.1, 0.15) is 18.5 Å². The van der Waals surface area contributed by atoms with Crippen molar-refractivity contribution in [1.82, 2.24) is 8.87 Å². The molecule has 1 aliphatic rings. The van der Waals surface area contributed by atoms with Crippen LogP contribution >= 0.6 is 11.6 Å². The highest BCUT2D eigenvalue weighted by atomic mass is 35.5. The van der Waals surface area contributed by atoms with Gasteiger partial charge in [-0.25, -0.2) is 8.42 Å². The van der Waals surface area contributed by atoms with Gasteiger partial charge in [0, 0.05) is 25.0 Å². The summed E-state index contributed by atoms with van der Waals surface area (Å²) in [6.07, 6.45) is -2.34. The van der Waals surface area contributed by atoms with E-state index in [0.717, 1.165) is 0 Å². The molecule has 0 spiro atoms. The maximum atomic E-state index is 12.6. The van der Waals surface area contributed by atoms with Crippen LogP contribution in [0.25, 0.3) is 0 Å². The molecule has 20 heavy (non-hydrogen) atoms. The zero-order valence-electron chi connectivity index (χ0n) is 10.7. The van der Waals surface area contributed by atoms with E-state index >= 15 is 0 Å². The molecule has 1 aromatic rings. The third-order valence-electron chi connectivity index (χ3n) is 3.12. The molecule has 0 N–H and O–H groups in total. The third-order valence-corrected chi connectivity index (χ3v) is 5.25. The molecule has 1 heterocycles. The molecular weight excluding hydrogens is 317 g/mol. The summed E-state index contributed by atoms with van der Waals surface area (Å²) in [6, 6.07) is 0.759. The third kappa shape index (κ3) is 3.29. The van der Waals surface area contributed by atoms with Gasteiger partial charge in [-0.05, 0) is 18.9 Å². The molecular formula is C11H14ClF3N2O2S. The van der Waals surface area contributed by atoms with E-state index in [4.69, 9.17) is 11.6 Å². The molecule has 9 heteroatoms. The Kier molecular flexibility index (Phi) is 4.10. The average molecular weight is 331 g/mol. The SMILES string of the molecule is Cn1cc(S(=O)(=O)N(CC(F)(F)F)C2CC2)cc1CCl. The molecule has 114 valence electrons. The van der Waals surface area contributed by atoms with Crippen molar-refractivity contribution >= 4 is 21.6 Å². The molecule has 0 unspecified atom stereocenters. The normalized spacial score (nSPS) is 16.9. The van der Waals surface area contributed by atoms with Crippen molar-refractivity contribution in [2.24, 2.45) is 7.05 Å². The van der Waals surface area contributed by atoms with Crippen molar-refractivity contribution in [3.63, 3.8) is 0 Å². The highest BCUT2D eigenvalue weighted by Gasteiger charge is 2.45. The Morgan fingerprint density at radius 2 is 2.05 bits per heavy atom. The minimum Gasteiger partial charge on any atom is -0.352 e. The average Bonchev–Trinajstić information content (AvgIpc) is 3.07. The maximum Gasteiger partial charge on any atom is 0.402 e. The van der Waals surface area contributed by atoms with Gasteiger partial charge in [0.1, 0.15) is 11.4 Å². The number of halogens is 4. The number of hydrogen-bond donors (Lipinski definition) is 0. The van der Waals surface area contributed by atoms with E-state index in [1.54, 1.807) is 7.05 Å². The predicted molar refractivity (Wildman–Crippen MR) is 67.9 cm³/mol. The predicted octanol–water partition coefficient (Wildman–Crippen LogP) is 2.48. The lowest BCUT2D eigenvalue weighted by Gasteiger charge is -2.22. The Balaban J connectivity index is 2.35. The molecule has 1 saturated carbocycles. The summed E-state index contributed by atoms with van der Waals surface area (Å²) in [5.74, 6) is 0.0920. The summed E-state index contributed by atoms with van der Waals surface area (Å²) >= 11 is 5.65. The van der Waals surface area contributed by atoms with Crippen LogP contribution in [0.4, 0.5) is 13.2 Å². The molecule has 0 atom stereocenters. The Morgan fingerprint density at radius 3 is 2.45 bits per heavy atom. The summed E-state index contributed by atoms with van der Waals surface area (Å²) < 4.78 is 64.4. The van der Waals surface area contributed by atoms with Crippen LogP contribution in [-0.4, -0.2) is 36.1 Å². The number of rotatable bonds is 5. The number of nitrogens with zero attached hydrogens (tertiary/aromatic N) is 2. The summed E-state index contributed by atoms with van der Waals surface area (Å²) in [5, 5.41) is 0. The van der Waals surface area contributed by atoms with E-state index in [2.05, 4.69) is 0 Å². The van der Waals surface area contributed by atoms with Crippen molar-refractivity contribution in [2.75, 3.05) is 6.54 Å². The highest BCUT2D eigenvalue weighted by molar-refractivity contribution is 7.89. The van der Waals surface area contributed by atoms with Gasteiger partial charge in [0.15, 0.2) is 0 Å². The van der Waals surface area contributed by atoms with Crippen LogP contribution in [0, 0.1) is 0 Å². The first-order valence-corrected chi connectivity index (χ1v) is 7.92. The topological polar surface area (TPSA) is 42.3 Å². The number of alkyl halides is 4. The number of hydrogen-bond acceptors (Lipinski definition) is 2. The lowest BCUT2D eigenvalue weighted by Crippen LogP contribution is -2.40. The van der Waals surface area contributed by atoms with E-state index < -0.39 is 28.8 Å². The summed E-state index contributed by atoms with van der Waals surface area (Å²) in [5.41, 5.74) is 0.535. The van der Waals surface area contributed by atoms with Gasteiger partial charge in [-0.15, -0.1) is 11.6 Å². The van der Waals surface area contributed by atoms with Gasteiger partial charge in [0.2, 0.25) is 10.0 Å². The zero-order valence-corrected chi connectivity index (χ0v) is 12.3. The molecule has 0 radical (unpaired) electrons. The van der Waals surface area contributed by atoms with Crippen LogP contribution in [0.2, 0.25) is 0 Å². The molecule has 2 rings (SSSR count). The van der Waals surface area contributed by atoms with Crippen LogP contribution in [0.3, 0.4) is 0 Å². The van der Waals surface area contributed by atoms with Gasteiger partial charge in [-0.3, -0.25) is 0 Å². The Morgan fingerprint density at radius 1 is 1.45 bits per heavy atom. The van der Waals surface area contributed by atoms with E-state index in [1.807, 2.05) is 0 Å². The van der Waals surface area contributed by atoms with Crippen LogP contribution in [0.5, 0.6) is 0 Å². The second-order valence-corrected chi connectivity index (χ2v) is 6.97. The Labute approximate surface area is 120 Å². The van der Waals surface area contributed by atoms with Crippen molar-refractivity contribution in [3.05, 3.63) is 18.0 Å². The minimum atomic E-state index is -4.56. The van der Waals surface area contributed by atoms with Gasteiger partial charge >= 0.3 is 6.18 Å². The first-order chi connectivity index (χ1) is 9.15. The molecule has 1 aromatic heterocycles. The lowest BCUT2D eigenvalue weighted by atomic mass is 10.5. The fourth-order valence-corrected chi connectivity index (χ4v) is 3.97. The van der Waals surface area contributed by atoms with Crippen LogP contribution < -0.4 is 0 Å². The molecule has 1 fully saturated rings. The molecule has 0 aliphatic heterocycles. The summed E-state index contributed by atoms with van der Waals surface area (Å²) in [6.45, 7) is -1.45. The first-order valence-electron chi connectivity index (χ1n) is 5.95. The standard InChI is InChI=1S/C11H14ClF3N2O2S/c1-16-6-10(4-9(16)5-12)20(18,19)17(8-2-3-8)7-11(13,14)15/h4,6,8H,2-3,5,7H2,1H3. The molecule has 1 aliphatic carbocycles. The van der Waals surface area contributed by atoms with Crippen molar-refractivity contribution < 1.29 is 21.6 Å². The van der Waals surface area contributed by atoms with E-state index in [1.165, 1.54) is 16.8 Å². The van der Waals surface area contributed by atoms with Crippen LogP contribution in [0.15, 0.2) is 17.2 Å². The fourth-order valence-electron chi connectivity index (χ4n) is 1.94. The van der Waals surface area contributed by atoms with Gasteiger partial charge in [0.05, 0.1) is 5.88 Å². The van der Waals surface area contributed by atoms with Gasteiger partial charge < -0.3 is 4.57 Å². The maximum absolute atomic E-state index is 12.6. The lowest BCUT2D eigenvalue weighted by molar-refractivity contribution is -0.137. The van der Waals surface area contributed by atoms with E-state index in [-0.39, 0.29) is 10.8 Å². The molecule has 0 bridgehead atoms. The van der Waals surface area contributed by atoms with Crippen molar-refractivity contribution in [2.45, 2.75) is 35.8 Å². The van der Waals surface area contributed by atoms with Crippen LogP contribution in [-0.2, 0) is 23.0 Å². The zero-order chi connectivity index (χ0) is 15.1. The van der Waals surface area contributed by atoms with E-state index in [9.17, 15) is 21.6 Å². The highest BCUT2D eigenvalue weighted by Crippen LogP contribution is 2.35. The second kappa shape index (κ2) is 5.23. The van der Waals surface area contributed by atoms with Gasteiger partial charge in [-0.1, -0.05) is 0 Å². The molecule has 0 saturated heterocycles. The van der Waals surface area contributed by atoms with Gasteiger partial charge in [0.25, 0.3) is 0 Å². The smallest absolute Gasteiger partial charge is 0.352 e. The number of aromatic nitrogens is 1. The van der Waals surface area contributed by atoms with Gasteiger partial charge in [-0.2, -0.15) is 17.5 Å². The Bertz CT molecular complexity index is 593. The summed E-state index contributed by atoms with van der Waals surface area (Å²) in [4.78, 5) is -0.146. The molecule has 0 aromatic carbocycles. The number of sulfonamides is 1. The van der Waals surface area contributed by atoms with Crippen molar-refractivity contribution in [3.8, 4) is 0 Å². The quantitative estimate of drug-likeness (QED) is 0.778. The number of aryl methyl sites for hydroxylation is 1. The van der Waals surface area contributed by atoms with Crippen molar-refractivity contribution in [1.29, 1.82) is 0 Å². The fraction of sp³-hybridized carbons (Fsp3) is 0.636. The monoisotopic (exact) mass is 330 g/mol. The largest absolute Gasteiger partial charge is 0.402 e. The second-order valence-electron chi connectivity index (χ2n) is 4.81. The van der Waals surface area contributed by atoms with E-state index in [0.29, 0.717) is 22.8 Å². The first kappa shape index (κ1) is 15.7. The molecule has 0 amide bonds. The summed E-state index contributed by atoms with van der Waals surface area (Å²) in [7, 11) is -2.55. The molecule has 4 nitrogen and oxygen atoms in total. The Hall–Kier alpha value is -0.730. The minimum absolute atomic E-state index is 0.0920.